The first-order valence-electron chi connectivity index (χ1n) is 3.12. The lowest BCUT2D eigenvalue weighted by molar-refractivity contribution is -0.131. The summed E-state index contributed by atoms with van der Waals surface area (Å²) in [4.78, 5) is 10.4. The molecule has 0 aliphatic heterocycles. The SMILES string of the molecule is CC(=O)Oc1ccc(Cl)cc1.Cl. The molecule has 0 aliphatic carbocycles. The lowest BCUT2D eigenvalue weighted by atomic mass is 10.3. The smallest absolute Gasteiger partial charge is 0.308 e. The second-order valence-corrected chi connectivity index (χ2v) is 2.48. The predicted molar refractivity (Wildman–Crippen MR) is 50.0 cm³/mol. The topological polar surface area (TPSA) is 26.3 Å². The number of esters is 1. The monoisotopic (exact) mass is 206 g/mol. The molecule has 1 aromatic carbocycles. The zero-order chi connectivity index (χ0) is 8.27. The third-order valence-corrected chi connectivity index (χ3v) is 1.33. The Bertz CT molecular complexity index is 256. The van der Waals surface area contributed by atoms with Crippen LogP contribution in [0.1, 0.15) is 6.92 Å². The largest absolute Gasteiger partial charge is 0.427 e. The van der Waals surface area contributed by atoms with Crippen molar-refractivity contribution < 1.29 is 9.53 Å². The fourth-order valence-electron chi connectivity index (χ4n) is 0.669. The molecule has 0 saturated carbocycles. The fraction of sp³-hybridized carbons (Fsp3) is 0.125. The third kappa shape index (κ3) is 3.60. The standard InChI is InChI=1S/C8H7ClO2.ClH/c1-6(10)11-8-4-2-7(9)3-5-8;/h2-5H,1H3;1H. The van der Waals surface area contributed by atoms with E-state index in [0.29, 0.717) is 10.8 Å². The molecule has 0 saturated heterocycles. The van der Waals surface area contributed by atoms with Gasteiger partial charge in [-0.1, -0.05) is 11.6 Å². The number of hydrogen-bond donors (Lipinski definition) is 0. The molecule has 0 aliphatic rings. The molecule has 0 aromatic heterocycles. The average molecular weight is 207 g/mol. The van der Waals surface area contributed by atoms with Gasteiger partial charge >= 0.3 is 5.97 Å². The van der Waals surface area contributed by atoms with E-state index in [9.17, 15) is 4.79 Å². The van der Waals surface area contributed by atoms with Crippen LogP contribution < -0.4 is 4.74 Å². The Kier molecular flexibility index (Phi) is 4.71. The van der Waals surface area contributed by atoms with Crippen LogP contribution in [0.15, 0.2) is 24.3 Å². The second kappa shape index (κ2) is 5.01. The number of carbonyl (C=O) groups is 1. The highest BCUT2D eigenvalue weighted by Gasteiger charge is 1.95. The van der Waals surface area contributed by atoms with Crippen LogP contribution in [-0.4, -0.2) is 5.97 Å². The van der Waals surface area contributed by atoms with Gasteiger partial charge in [0, 0.05) is 11.9 Å². The molecule has 2 nitrogen and oxygen atoms in total. The Morgan fingerprint density at radius 1 is 1.33 bits per heavy atom. The summed E-state index contributed by atoms with van der Waals surface area (Å²) < 4.78 is 4.77. The van der Waals surface area contributed by atoms with Crippen LogP contribution in [0.2, 0.25) is 5.02 Å². The van der Waals surface area contributed by atoms with Crippen molar-refractivity contribution in [3.05, 3.63) is 29.3 Å². The van der Waals surface area contributed by atoms with E-state index in [0.717, 1.165) is 0 Å². The normalized spacial score (nSPS) is 8.50. The van der Waals surface area contributed by atoms with Crippen LogP contribution in [0.25, 0.3) is 0 Å². The van der Waals surface area contributed by atoms with Crippen LogP contribution in [0, 0.1) is 0 Å². The predicted octanol–water partition coefficient (Wildman–Crippen LogP) is 2.69. The fourth-order valence-corrected chi connectivity index (χ4v) is 0.795. The highest BCUT2D eigenvalue weighted by Crippen LogP contribution is 2.15. The molecule has 1 aromatic rings. The molecule has 0 N–H and O–H groups in total. The Balaban J connectivity index is 0.00000121. The molecular weight excluding hydrogens is 199 g/mol. The van der Waals surface area contributed by atoms with E-state index in [4.69, 9.17) is 16.3 Å². The van der Waals surface area contributed by atoms with Crippen LogP contribution >= 0.6 is 24.0 Å². The van der Waals surface area contributed by atoms with Crippen molar-refractivity contribution >= 4 is 30.0 Å². The second-order valence-electron chi connectivity index (χ2n) is 2.05. The minimum Gasteiger partial charge on any atom is -0.427 e. The van der Waals surface area contributed by atoms with E-state index < -0.39 is 0 Å². The number of rotatable bonds is 1. The summed E-state index contributed by atoms with van der Waals surface area (Å²) in [6.07, 6.45) is 0. The van der Waals surface area contributed by atoms with Gasteiger partial charge in [0.1, 0.15) is 5.75 Å². The molecule has 0 heterocycles. The van der Waals surface area contributed by atoms with Gasteiger partial charge in [-0.15, -0.1) is 12.4 Å². The molecular formula is C8H8Cl2O2. The summed E-state index contributed by atoms with van der Waals surface area (Å²) in [6, 6.07) is 6.62. The first-order valence-corrected chi connectivity index (χ1v) is 3.50. The van der Waals surface area contributed by atoms with Gasteiger partial charge in [-0.05, 0) is 24.3 Å². The first kappa shape index (κ1) is 11.3. The summed E-state index contributed by atoms with van der Waals surface area (Å²) >= 11 is 5.61. The van der Waals surface area contributed by atoms with Crippen molar-refractivity contribution in [1.29, 1.82) is 0 Å². The van der Waals surface area contributed by atoms with Crippen LogP contribution in [0.5, 0.6) is 5.75 Å². The molecule has 12 heavy (non-hydrogen) atoms. The van der Waals surface area contributed by atoms with Crippen molar-refractivity contribution in [2.75, 3.05) is 0 Å². The maximum Gasteiger partial charge on any atom is 0.308 e. The average Bonchev–Trinajstić information content (AvgIpc) is 1.93. The third-order valence-electron chi connectivity index (χ3n) is 1.08. The highest BCUT2D eigenvalue weighted by atomic mass is 35.5. The zero-order valence-corrected chi connectivity index (χ0v) is 7.98. The van der Waals surface area contributed by atoms with Crippen LogP contribution in [-0.2, 0) is 4.79 Å². The van der Waals surface area contributed by atoms with Crippen molar-refractivity contribution in [2.24, 2.45) is 0 Å². The van der Waals surface area contributed by atoms with Gasteiger partial charge in [0.05, 0.1) is 0 Å². The van der Waals surface area contributed by atoms with E-state index in [2.05, 4.69) is 0 Å². The summed E-state index contributed by atoms with van der Waals surface area (Å²) in [5.41, 5.74) is 0. The molecule has 0 bridgehead atoms. The number of ether oxygens (including phenoxy) is 1. The highest BCUT2D eigenvalue weighted by molar-refractivity contribution is 6.30. The Morgan fingerprint density at radius 3 is 2.25 bits per heavy atom. The van der Waals surface area contributed by atoms with Gasteiger partial charge in [-0.3, -0.25) is 4.79 Å². The Labute approximate surface area is 81.9 Å². The van der Waals surface area contributed by atoms with Crippen LogP contribution in [0.3, 0.4) is 0 Å². The molecule has 0 spiro atoms. The molecule has 0 atom stereocenters. The van der Waals surface area contributed by atoms with Crippen molar-refractivity contribution in [2.45, 2.75) is 6.92 Å². The number of benzene rings is 1. The lowest BCUT2D eigenvalue weighted by Crippen LogP contribution is -2.00. The number of carbonyl (C=O) groups excluding carboxylic acids is 1. The van der Waals surface area contributed by atoms with E-state index in [1.54, 1.807) is 24.3 Å². The van der Waals surface area contributed by atoms with E-state index >= 15 is 0 Å². The molecule has 1 rings (SSSR count). The zero-order valence-electron chi connectivity index (χ0n) is 6.41. The van der Waals surface area contributed by atoms with Crippen molar-refractivity contribution in [3.63, 3.8) is 0 Å². The maximum atomic E-state index is 10.4. The number of halogens is 2. The molecule has 0 fully saturated rings. The molecule has 0 amide bonds. The van der Waals surface area contributed by atoms with Crippen molar-refractivity contribution in [3.8, 4) is 5.75 Å². The Morgan fingerprint density at radius 2 is 1.83 bits per heavy atom. The van der Waals surface area contributed by atoms with Gasteiger partial charge < -0.3 is 4.74 Å². The lowest BCUT2D eigenvalue weighted by Gasteiger charge is -1.98. The van der Waals surface area contributed by atoms with Gasteiger partial charge in [-0.2, -0.15) is 0 Å². The van der Waals surface area contributed by atoms with E-state index in [-0.39, 0.29) is 18.4 Å². The van der Waals surface area contributed by atoms with Crippen LogP contribution in [0.4, 0.5) is 0 Å². The van der Waals surface area contributed by atoms with Gasteiger partial charge in [0.2, 0.25) is 0 Å². The van der Waals surface area contributed by atoms with Gasteiger partial charge in [-0.25, -0.2) is 0 Å². The van der Waals surface area contributed by atoms with Gasteiger partial charge in [0.15, 0.2) is 0 Å². The quantitative estimate of drug-likeness (QED) is 0.522. The minimum atomic E-state index is -0.327. The molecule has 0 radical (unpaired) electrons. The molecule has 4 heteroatoms. The summed E-state index contributed by atoms with van der Waals surface area (Å²) in [5, 5.41) is 0.626. The maximum absolute atomic E-state index is 10.4. The molecule has 0 unspecified atom stereocenters. The van der Waals surface area contributed by atoms with Gasteiger partial charge in [0.25, 0.3) is 0 Å². The summed E-state index contributed by atoms with van der Waals surface area (Å²) in [6.45, 7) is 1.36. The van der Waals surface area contributed by atoms with E-state index in [1.165, 1.54) is 6.92 Å². The molecule has 66 valence electrons. The van der Waals surface area contributed by atoms with E-state index in [1.807, 2.05) is 0 Å². The summed E-state index contributed by atoms with van der Waals surface area (Å²) in [7, 11) is 0. The summed E-state index contributed by atoms with van der Waals surface area (Å²) in [5.74, 6) is 0.189. The number of hydrogen-bond acceptors (Lipinski definition) is 2. The minimum absolute atomic E-state index is 0. The Hall–Kier alpha value is -0.730. The first-order chi connectivity index (χ1) is 5.18. The van der Waals surface area contributed by atoms with Crippen molar-refractivity contribution in [1.82, 2.24) is 0 Å².